The van der Waals surface area contributed by atoms with Crippen LogP contribution in [0, 0.1) is 6.92 Å². The number of carbonyl (C=O) groups is 1. The van der Waals surface area contributed by atoms with E-state index >= 15 is 0 Å². The maximum atomic E-state index is 13.6. The number of aromatic nitrogens is 5. The van der Waals surface area contributed by atoms with Crippen LogP contribution in [0.2, 0.25) is 5.02 Å². The molecule has 0 bridgehead atoms. The first kappa shape index (κ1) is 19.8. The molecule has 3 aromatic heterocycles. The van der Waals surface area contributed by atoms with Crippen LogP contribution in [0.5, 0.6) is 0 Å². The maximum Gasteiger partial charge on any atom is 0.264 e. The molecule has 1 saturated carbocycles. The second-order valence-electron chi connectivity index (χ2n) is 7.18. The van der Waals surface area contributed by atoms with Gasteiger partial charge in [-0.25, -0.2) is 18.4 Å². The van der Waals surface area contributed by atoms with E-state index in [1.807, 2.05) is 6.92 Å². The molecule has 0 saturated heterocycles. The van der Waals surface area contributed by atoms with Gasteiger partial charge < -0.3 is 5.32 Å². The summed E-state index contributed by atoms with van der Waals surface area (Å²) in [5.74, 6) is -0.0996. The van der Waals surface area contributed by atoms with Crippen LogP contribution < -0.4 is 5.32 Å². The molecule has 0 aromatic carbocycles. The molecule has 29 heavy (non-hydrogen) atoms. The highest BCUT2D eigenvalue weighted by molar-refractivity contribution is 6.31. The second-order valence-corrected chi connectivity index (χ2v) is 7.59. The summed E-state index contributed by atoms with van der Waals surface area (Å²) < 4.78 is 30.4. The van der Waals surface area contributed by atoms with Crippen molar-refractivity contribution in [2.75, 3.05) is 0 Å². The van der Waals surface area contributed by atoms with Gasteiger partial charge in [-0.15, -0.1) is 0 Å². The summed E-state index contributed by atoms with van der Waals surface area (Å²) in [6.07, 6.45) is 0.799. The fourth-order valence-electron chi connectivity index (χ4n) is 3.49. The van der Waals surface area contributed by atoms with E-state index in [0.717, 1.165) is 12.8 Å². The molecule has 1 fully saturated rings. The SMILES string of the molecule is CCn1ncc(Cl)c1CNC(=O)Cn1nc(C)c2c(C(F)F)cc(C3CC3)nc21. The minimum atomic E-state index is -2.63. The topological polar surface area (TPSA) is 77.6 Å². The van der Waals surface area contributed by atoms with E-state index in [9.17, 15) is 13.6 Å². The highest BCUT2D eigenvalue weighted by Crippen LogP contribution is 2.41. The van der Waals surface area contributed by atoms with Crippen molar-refractivity contribution in [3.63, 3.8) is 0 Å². The molecule has 0 aliphatic heterocycles. The lowest BCUT2D eigenvalue weighted by Crippen LogP contribution is -2.28. The van der Waals surface area contributed by atoms with Crippen LogP contribution in [-0.2, 0) is 24.4 Å². The highest BCUT2D eigenvalue weighted by Gasteiger charge is 2.29. The van der Waals surface area contributed by atoms with Crippen molar-refractivity contribution < 1.29 is 13.6 Å². The van der Waals surface area contributed by atoms with E-state index in [0.29, 0.717) is 39.7 Å². The lowest BCUT2D eigenvalue weighted by Gasteiger charge is -2.09. The van der Waals surface area contributed by atoms with Gasteiger partial charge >= 0.3 is 0 Å². The first-order valence-corrected chi connectivity index (χ1v) is 9.89. The number of fused-ring (bicyclic) bond motifs is 1. The summed E-state index contributed by atoms with van der Waals surface area (Å²) in [6, 6.07) is 1.48. The Morgan fingerprint density at radius 3 is 2.79 bits per heavy atom. The van der Waals surface area contributed by atoms with Crippen LogP contribution >= 0.6 is 11.6 Å². The maximum absolute atomic E-state index is 13.6. The van der Waals surface area contributed by atoms with Crippen LogP contribution in [-0.4, -0.2) is 30.5 Å². The lowest BCUT2D eigenvalue weighted by molar-refractivity contribution is -0.122. The zero-order valence-electron chi connectivity index (χ0n) is 16.1. The van der Waals surface area contributed by atoms with Gasteiger partial charge in [0.25, 0.3) is 6.43 Å². The van der Waals surface area contributed by atoms with E-state index in [1.54, 1.807) is 11.6 Å². The summed E-state index contributed by atoms with van der Waals surface area (Å²) in [5, 5.41) is 12.0. The van der Waals surface area contributed by atoms with E-state index in [2.05, 4.69) is 20.5 Å². The van der Waals surface area contributed by atoms with Crippen molar-refractivity contribution in [3.05, 3.63) is 39.9 Å². The third kappa shape index (κ3) is 3.83. The van der Waals surface area contributed by atoms with Gasteiger partial charge in [0, 0.05) is 23.7 Å². The molecule has 1 amide bonds. The molecule has 154 valence electrons. The lowest BCUT2D eigenvalue weighted by atomic mass is 10.1. The number of hydrogen-bond acceptors (Lipinski definition) is 4. The first-order chi connectivity index (χ1) is 13.9. The van der Waals surface area contributed by atoms with Crippen molar-refractivity contribution >= 4 is 28.5 Å². The smallest absolute Gasteiger partial charge is 0.264 e. The van der Waals surface area contributed by atoms with E-state index in [4.69, 9.17) is 11.6 Å². The molecule has 1 aliphatic rings. The zero-order valence-corrected chi connectivity index (χ0v) is 16.9. The van der Waals surface area contributed by atoms with E-state index in [-0.39, 0.29) is 30.5 Å². The van der Waals surface area contributed by atoms with Gasteiger partial charge in [-0.2, -0.15) is 10.2 Å². The molecular weight excluding hydrogens is 402 g/mol. The Bertz CT molecular complexity index is 1070. The standard InChI is InChI=1S/C19H21ClF2N6O/c1-3-27-15(13(20)7-24-27)8-23-16(29)9-28-19-17(10(2)26-28)12(18(21)22)6-14(25-19)11-4-5-11/h6-7,11,18H,3-5,8-9H2,1-2H3,(H,23,29). The quantitative estimate of drug-likeness (QED) is 0.629. The Morgan fingerprint density at radius 2 is 2.14 bits per heavy atom. The van der Waals surface area contributed by atoms with Gasteiger partial charge in [0.1, 0.15) is 6.54 Å². The molecule has 0 atom stereocenters. The number of pyridine rings is 1. The number of amides is 1. The molecule has 10 heteroatoms. The molecule has 0 radical (unpaired) electrons. The number of hydrogen-bond donors (Lipinski definition) is 1. The molecule has 4 rings (SSSR count). The van der Waals surface area contributed by atoms with Crippen molar-refractivity contribution in [3.8, 4) is 0 Å². The number of aryl methyl sites for hydroxylation is 2. The van der Waals surface area contributed by atoms with Gasteiger partial charge in [0.15, 0.2) is 5.65 Å². The monoisotopic (exact) mass is 422 g/mol. The largest absolute Gasteiger partial charge is 0.349 e. The Balaban J connectivity index is 1.59. The van der Waals surface area contributed by atoms with Crippen LogP contribution in [0.3, 0.4) is 0 Å². The Hall–Kier alpha value is -2.55. The third-order valence-corrected chi connectivity index (χ3v) is 5.42. The summed E-state index contributed by atoms with van der Waals surface area (Å²) in [6.45, 7) is 4.31. The van der Waals surface area contributed by atoms with Crippen molar-refractivity contribution in [1.29, 1.82) is 0 Å². The number of nitrogens with one attached hydrogen (secondary N) is 1. The van der Waals surface area contributed by atoms with Crippen LogP contribution in [0.25, 0.3) is 11.0 Å². The summed E-state index contributed by atoms with van der Waals surface area (Å²) >= 11 is 6.12. The van der Waals surface area contributed by atoms with Crippen molar-refractivity contribution in [2.45, 2.75) is 58.7 Å². The number of carbonyl (C=O) groups excluding carboxylic acids is 1. The Kier molecular flexibility index (Phi) is 5.24. The van der Waals surface area contributed by atoms with Crippen molar-refractivity contribution in [2.24, 2.45) is 0 Å². The normalized spacial score (nSPS) is 14.1. The number of rotatable bonds is 7. The fourth-order valence-corrected chi connectivity index (χ4v) is 3.70. The summed E-state index contributed by atoms with van der Waals surface area (Å²) in [5.41, 5.74) is 2.05. The van der Waals surface area contributed by atoms with E-state index < -0.39 is 6.43 Å². The summed E-state index contributed by atoms with van der Waals surface area (Å²) in [7, 11) is 0. The zero-order chi connectivity index (χ0) is 20.7. The van der Waals surface area contributed by atoms with Crippen LogP contribution in [0.15, 0.2) is 12.3 Å². The van der Waals surface area contributed by atoms with Gasteiger partial charge in [-0.05, 0) is 32.8 Å². The molecule has 1 aliphatic carbocycles. The predicted octanol–water partition coefficient (Wildman–Crippen LogP) is 3.74. The Morgan fingerprint density at radius 1 is 1.38 bits per heavy atom. The molecule has 1 N–H and O–H groups in total. The number of halogens is 3. The van der Waals surface area contributed by atoms with E-state index in [1.165, 1.54) is 16.9 Å². The Labute approximate surface area is 171 Å². The number of alkyl halides is 2. The average Bonchev–Trinajstić information content (AvgIpc) is 3.41. The highest BCUT2D eigenvalue weighted by atomic mass is 35.5. The minimum Gasteiger partial charge on any atom is -0.349 e. The molecule has 3 heterocycles. The van der Waals surface area contributed by atoms with Gasteiger partial charge in [-0.3, -0.25) is 9.48 Å². The fraction of sp³-hybridized carbons (Fsp3) is 0.474. The summed E-state index contributed by atoms with van der Waals surface area (Å²) in [4.78, 5) is 17.1. The predicted molar refractivity (Wildman–Crippen MR) is 104 cm³/mol. The van der Waals surface area contributed by atoms with Crippen LogP contribution in [0.4, 0.5) is 8.78 Å². The minimum absolute atomic E-state index is 0.0697. The van der Waals surface area contributed by atoms with Gasteiger partial charge in [0.2, 0.25) is 5.91 Å². The van der Waals surface area contributed by atoms with Gasteiger partial charge in [-0.1, -0.05) is 11.6 Å². The van der Waals surface area contributed by atoms with Gasteiger partial charge in [0.05, 0.1) is 34.5 Å². The molecule has 0 unspecified atom stereocenters. The molecule has 3 aromatic rings. The van der Waals surface area contributed by atoms with Crippen LogP contribution in [0.1, 0.15) is 54.8 Å². The molecule has 0 spiro atoms. The number of nitrogens with zero attached hydrogens (tertiary/aromatic N) is 5. The van der Waals surface area contributed by atoms with Crippen molar-refractivity contribution in [1.82, 2.24) is 29.9 Å². The molecular formula is C19H21ClF2N6O. The third-order valence-electron chi connectivity index (χ3n) is 5.10. The molecule has 7 nitrogen and oxygen atoms in total. The average molecular weight is 423 g/mol. The second kappa shape index (κ2) is 7.70. The first-order valence-electron chi connectivity index (χ1n) is 9.52.